The maximum Gasteiger partial charge on any atom is 0.217 e. The molecule has 78 valence electrons. The summed E-state index contributed by atoms with van der Waals surface area (Å²) in [6, 6.07) is -0.594. The Morgan fingerprint density at radius 3 is 2.86 bits per heavy atom. The van der Waals surface area contributed by atoms with Crippen LogP contribution >= 0.6 is 0 Å². The quantitative estimate of drug-likeness (QED) is 0.512. The lowest BCUT2D eigenvalue weighted by Gasteiger charge is -2.13. The van der Waals surface area contributed by atoms with Crippen LogP contribution in [0, 0.1) is 10.1 Å². The average Bonchev–Trinajstić information content (AvgIpc) is 2.16. The fourth-order valence-corrected chi connectivity index (χ4v) is 1.63. The van der Waals surface area contributed by atoms with Gasteiger partial charge in [0.1, 0.15) is 0 Å². The number of hydrogen-bond acceptors (Lipinski definition) is 3. The molecule has 0 aliphatic heterocycles. The number of carbonyl (C=O) groups excluding carboxylic acids is 1. The Bertz CT molecular complexity index is 271. The molecule has 0 aromatic carbocycles. The van der Waals surface area contributed by atoms with E-state index in [4.69, 9.17) is 0 Å². The standard InChI is InChI=1S/C10H15NO3/c1-2-9(11(13)14)7-8-5-3-4-6-10(8)12/h5,9H,2-4,6-7H2,1H3. The molecule has 1 unspecified atom stereocenters. The lowest BCUT2D eigenvalue weighted by molar-refractivity contribution is -0.522. The van der Waals surface area contributed by atoms with Gasteiger partial charge in [0.2, 0.25) is 6.04 Å². The summed E-state index contributed by atoms with van der Waals surface area (Å²) in [5.74, 6) is 0.0940. The van der Waals surface area contributed by atoms with Crippen LogP contribution in [0.2, 0.25) is 0 Å². The van der Waals surface area contributed by atoms with E-state index >= 15 is 0 Å². The predicted octanol–water partition coefficient (Wildman–Crippen LogP) is 2.11. The van der Waals surface area contributed by atoms with E-state index in [0.717, 1.165) is 12.8 Å². The normalized spacial score (nSPS) is 18.9. The molecule has 0 fully saturated rings. The Morgan fingerprint density at radius 2 is 2.36 bits per heavy atom. The van der Waals surface area contributed by atoms with Crippen molar-refractivity contribution in [2.45, 2.75) is 45.1 Å². The summed E-state index contributed by atoms with van der Waals surface area (Å²) in [7, 11) is 0. The maximum atomic E-state index is 11.4. The van der Waals surface area contributed by atoms with Crippen LogP contribution in [0.3, 0.4) is 0 Å². The maximum absolute atomic E-state index is 11.4. The second-order valence-electron chi connectivity index (χ2n) is 3.60. The Kier molecular flexibility index (Phi) is 3.80. The van der Waals surface area contributed by atoms with Gasteiger partial charge in [0.25, 0.3) is 0 Å². The Labute approximate surface area is 83.1 Å². The largest absolute Gasteiger partial charge is 0.295 e. The average molecular weight is 197 g/mol. The molecule has 1 rings (SSSR count). The minimum atomic E-state index is -0.594. The molecule has 0 heterocycles. The van der Waals surface area contributed by atoms with E-state index in [-0.39, 0.29) is 10.7 Å². The minimum Gasteiger partial charge on any atom is -0.295 e. The highest BCUT2D eigenvalue weighted by molar-refractivity contribution is 5.96. The first-order chi connectivity index (χ1) is 6.65. The van der Waals surface area contributed by atoms with Gasteiger partial charge in [-0.1, -0.05) is 13.0 Å². The molecule has 1 aliphatic rings. The van der Waals surface area contributed by atoms with Gasteiger partial charge in [-0.25, -0.2) is 0 Å². The van der Waals surface area contributed by atoms with Crippen LogP contribution < -0.4 is 0 Å². The summed E-state index contributed by atoms with van der Waals surface area (Å²) in [5.41, 5.74) is 0.666. The van der Waals surface area contributed by atoms with Gasteiger partial charge in [-0.3, -0.25) is 14.9 Å². The van der Waals surface area contributed by atoms with Crippen LogP contribution in [0.5, 0.6) is 0 Å². The highest BCUT2D eigenvalue weighted by Crippen LogP contribution is 2.20. The van der Waals surface area contributed by atoms with Gasteiger partial charge in [0.05, 0.1) is 0 Å². The van der Waals surface area contributed by atoms with Crippen LogP contribution in [-0.2, 0) is 4.79 Å². The summed E-state index contributed by atoms with van der Waals surface area (Å²) in [4.78, 5) is 21.7. The predicted molar refractivity (Wildman–Crippen MR) is 52.6 cm³/mol. The Hall–Kier alpha value is -1.19. The van der Waals surface area contributed by atoms with Crippen molar-refractivity contribution in [1.82, 2.24) is 0 Å². The third-order valence-corrected chi connectivity index (χ3v) is 2.58. The Balaban J connectivity index is 2.61. The number of hydrogen-bond donors (Lipinski definition) is 0. The SMILES string of the molecule is CCC(CC1=CCCCC1=O)[N+](=O)[O-]. The van der Waals surface area contributed by atoms with Gasteiger partial charge < -0.3 is 0 Å². The zero-order valence-corrected chi connectivity index (χ0v) is 8.36. The molecule has 0 saturated carbocycles. The molecule has 0 spiro atoms. The van der Waals surface area contributed by atoms with Crippen molar-refractivity contribution in [3.63, 3.8) is 0 Å². The third-order valence-electron chi connectivity index (χ3n) is 2.58. The summed E-state index contributed by atoms with van der Waals surface area (Å²) in [5, 5.41) is 10.6. The van der Waals surface area contributed by atoms with Crippen molar-refractivity contribution in [2.75, 3.05) is 0 Å². The molecule has 14 heavy (non-hydrogen) atoms. The zero-order chi connectivity index (χ0) is 10.6. The van der Waals surface area contributed by atoms with E-state index in [1.54, 1.807) is 6.92 Å². The second kappa shape index (κ2) is 4.88. The van der Waals surface area contributed by atoms with Crippen LogP contribution in [0.4, 0.5) is 0 Å². The highest BCUT2D eigenvalue weighted by atomic mass is 16.6. The molecule has 1 aliphatic carbocycles. The number of rotatable bonds is 4. The number of nitrogens with zero attached hydrogens (tertiary/aromatic N) is 1. The van der Waals surface area contributed by atoms with E-state index < -0.39 is 6.04 Å². The third kappa shape index (κ3) is 2.65. The first-order valence-corrected chi connectivity index (χ1v) is 5.01. The van der Waals surface area contributed by atoms with E-state index in [2.05, 4.69) is 0 Å². The number of carbonyl (C=O) groups is 1. The van der Waals surface area contributed by atoms with Crippen molar-refractivity contribution in [3.05, 3.63) is 21.8 Å². The van der Waals surface area contributed by atoms with Crippen molar-refractivity contribution >= 4 is 5.78 Å². The molecular weight excluding hydrogens is 182 g/mol. The van der Waals surface area contributed by atoms with Gasteiger partial charge in [-0.2, -0.15) is 0 Å². The van der Waals surface area contributed by atoms with Gasteiger partial charge in [0.15, 0.2) is 5.78 Å². The lowest BCUT2D eigenvalue weighted by Crippen LogP contribution is -2.22. The van der Waals surface area contributed by atoms with Gasteiger partial charge in [0, 0.05) is 24.2 Å². The van der Waals surface area contributed by atoms with Gasteiger partial charge in [-0.05, 0) is 18.4 Å². The summed E-state index contributed by atoms with van der Waals surface area (Å²) >= 11 is 0. The van der Waals surface area contributed by atoms with Crippen LogP contribution in [0.25, 0.3) is 0 Å². The van der Waals surface area contributed by atoms with Crippen molar-refractivity contribution in [3.8, 4) is 0 Å². The number of allylic oxidation sites excluding steroid dienone is 1. The Morgan fingerprint density at radius 1 is 1.64 bits per heavy atom. The second-order valence-corrected chi connectivity index (χ2v) is 3.60. The van der Waals surface area contributed by atoms with E-state index in [0.29, 0.717) is 24.8 Å². The number of ketones is 1. The van der Waals surface area contributed by atoms with E-state index in [1.807, 2.05) is 6.08 Å². The number of nitro groups is 1. The van der Waals surface area contributed by atoms with E-state index in [9.17, 15) is 14.9 Å². The minimum absolute atomic E-state index is 0.0940. The molecule has 4 heteroatoms. The summed E-state index contributed by atoms with van der Waals surface area (Å²) in [6.07, 6.45) is 4.98. The lowest BCUT2D eigenvalue weighted by atomic mass is 9.92. The fourth-order valence-electron chi connectivity index (χ4n) is 1.63. The molecule has 0 saturated heterocycles. The van der Waals surface area contributed by atoms with Crippen LogP contribution in [0.15, 0.2) is 11.6 Å². The molecule has 0 N–H and O–H groups in total. The summed E-state index contributed by atoms with van der Waals surface area (Å²) < 4.78 is 0. The highest BCUT2D eigenvalue weighted by Gasteiger charge is 2.23. The van der Waals surface area contributed by atoms with Crippen LogP contribution in [0.1, 0.15) is 39.0 Å². The molecule has 0 radical (unpaired) electrons. The topological polar surface area (TPSA) is 60.2 Å². The monoisotopic (exact) mass is 197 g/mol. The number of Topliss-reactive ketones (excluding diaryl/α,β-unsaturated/α-hetero) is 1. The molecule has 0 bridgehead atoms. The van der Waals surface area contributed by atoms with Crippen molar-refractivity contribution in [1.29, 1.82) is 0 Å². The molecule has 0 aromatic heterocycles. The van der Waals surface area contributed by atoms with E-state index in [1.165, 1.54) is 0 Å². The fraction of sp³-hybridized carbons (Fsp3) is 0.700. The first-order valence-electron chi connectivity index (χ1n) is 5.01. The van der Waals surface area contributed by atoms with Gasteiger partial charge in [-0.15, -0.1) is 0 Å². The summed E-state index contributed by atoms with van der Waals surface area (Å²) in [6.45, 7) is 1.78. The van der Waals surface area contributed by atoms with Crippen LogP contribution in [-0.4, -0.2) is 16.7 Å². The molecule has 4 nitrogen and oxygen atoms in total. The molecule has 0 amide bonds. The van der Waals surface area contributed by atoms with Gasteiger partial charge >= 0.3 is 0 Å². The smallest absolute Gasteiger partial charge is 0.217 e. The first kappa shape index (κ1) is 10.9. The molecule has 1 atom stereocenters. The van der Waals surface area contributed by atoms with Crippen molar-refractivity contribution < 1.29 is 9.72 Å². The zero-order valence-electron chi connectivity index (χ0n) is 8.36. The van der Waals surface area contributed by atoms with Crippen molar-refractivity contribution in [2.24, 2.45) is 0 Å². The molecular formula is C10H15NO3. The molecule has 0 aromatic rings.